The SMILES string of the molecule is CC(C)Sc1ccc(C(=O)NC(C)(CC(=O)O)C(C)C)cc1. The summed E-state index contributed by atoms with van der Waals surface area (Å²) in [6.45, 7) is 9.82. The second-order valence-corrected chi connectivity index (χ2v) is 7.94. The van der Waals surface area contributed by atoms with Gasteiger partial charge < -0.3 is 10.4 Å². The molecular formula is C17H25NO3S. The van der Waals surface area contributed by atoms with Gasteiger partial charge in [0.1, 0.15) is 0 Å². The number of amides is 1. The largest absolute Gasteiger partial charge is 0.481 e. The first-order chi connectivity index (χ1) is 10.1. The molecule has 1 atom stereocenters. The molecule has 0 saturated heterocycles. The Morgan fingerprint density at radius 1 is 1.18 bits per heavy atom. The predicted octanol–water partition coefficient (Wildman–Crippen LogP) is 3.81. The van der Waals surface area contributed by atoms with Crippen LogP contribution >= 0.6 is 11.8 Å². The van der Waals surface area contributed by atoms with Crippen LogP contribution in [-0.2, 0) is 4.79 Å². The van der Waals surface area contributed by atoms with Crippen molar-refractivity contribution in [1.82, 2.24) is 5.32 Å². The Bertz CT molecular complexity index is 525. The molecule has 0 aromatic heterocycles. The van der Waals surface area contributed by atoms with E-state index < -0.39 is 11.5 Å². The molecule has 22 heavy (non-hydrogen) atoms. The first kappa shape index (κ1) is 18.6. The van der Waals surface area contributed by atoms with Gasteiger partial charge >= 0.3 is 5.97 Å². The van der Waals surface area contributed by atoms with E-state index in [2.05, 4.69) is 19.2 Å². The van der Waals surface area contributed by atoms with Gasteiger partial charge in [0.25, 0.3) is 5.91 Å². The Morgan fingerprint density at radius 3 is 2.14 bits per heavy atom. The van der Waals surface area contributed by atoms with Gasteiger partial charge in [0.15, 0.2) is 0 Å². The molecule has 0 radical (unpaired) electrons. The first-order valence-electron chi connectivity index (χ1n) is 7.45. The van der Waals surface area contributed by atoms with E-state index in [-0.39, 0.29) is 18.2 Å². The van der Waals surface area contributed by atoms with E-state index in [1.54, 1.807) is 30.8 Å². The molecule has 0 heterocycles. The lowest BCUT2D eigenvalue weighted by Gasteiger charge is -2.33. The summed E-state index contributed by atoms with van der Waals surface area (Å²) in [7, 11) is 0. The zero-order valence-electron chi connectivity index (χ0n) is 13.8. The Balaban J connectivity index is 2.84. The van der Waals surface area contributed by atoms with E-state index in [0.717, 1.165) is 4.90 Å². The summed E-state index contributed by atoms with van der Waals surface area (Å²) >= 11 is 1.74. The van der Waals surface area contributed by atoms with Crippen LogP contribution in [0.25, 0.3) is 0 Å². The number of carboxylic acid groups (broad SMARTS) is 1. The van der Waals surface area contributed by atoms with Crippen LogP contribution in [0.15, 0.2) is 29.2 Å². The van der Waals surface area contributed by atoms with Gasteiger partial charge in [0.2, 0.25) is 0 Å². The Kier molecular flexibility index (Phi) is 6.48. The van der Waals surface area contributed by atoms with Crippen LogP contribution in [0.5, 0.6) is 0 Å². The minimum atomic E-state index is -0.916. The van der Waals surface area contributed by atoms with Crippen LogP contribution in [0.2, 0.25) is 0 Å². The number of thioether (sulfide) groups is 1. The van der Waals surface area contributed by atoms with E-state index >= 15 is 0 Å². The van der Waals surface area contributed by atoms with Crippen LogP contribution in [0, 0.1) is 5.92 Å². The second kappa shape index (κ2) is 7.68. The fourth-order valence-electron chi connectivity index (χ4n) is 2.00. The molecule has 1 rings (SSSR count). The van der Waals surface area contributed by atoms with Crippen LogP contribution in [-0.4, -0.2) is 27.8 Å². The standard InChI is InChI=1S/C17H25NO3S/c1-11(2)17(5,10-15(19)20)18-16(21)13-6-8-14(9-7-13)22-12(3)4/h6-9,11-12H,10H2,1-5H3,(H,18,21)(H,19,20). The third-order valence-electron chi connectivity index (χ3n) is 3.68. The number of carbonyl (C=O) groups is 2. The van der Waals surface area contributed by atoms with Crippen LogP contribution in [0.3, 0.4) is 0 Å². The van der Waals surface area contributed by atoms with Crippen LogP contribution in [0.4, 0.5) is 0 Å². The third kappa shape index (κ3) is 5.37. The Labute approximate surface area is 136 Å². The van der Waals surface area contributed by atoms with E-state index in [9.17, 15) is 9.59 Å². The molecule has 122 valence electrons. The van der Waals surface area contributed by atoms with E-state index in [1.165, 1.54) is 0 Å². The quantitative estimate of drug-likeness (QED) is 0.749. The maximum Gasteiger partial charge on any atom is 0.305 e. The van der Waals surface area contributed by atoms with Crippen molar-refractivity contribution < 1.29 is 14.7 Å². The highest BCUT2D eigenvalue weighted by atomic mass is 32.2. The van der Waals surface area contributed by atoms with Crippen molar-refractivity contribution in [3.63, 3.8) is 0 Å². The van der Waals surface area contributed by atoms with Crippen LogP contribution < -0.4 is 5.32 Å². The number of hydrogen-bond donors (Lipinski definition) is 2. The maximum atomic E-state index is 12.4. The van der Waals surface area contributed by atoms with Crippen molar-refractivity contribution in [2.45, 2.75) is 56.7 Å². The zero-order chi connectivity index (χ0) is 16.9. The van der Waals surface area contributed by atoms with Gasteiger partial charge in [-0.05, 0) is 37.1 Å². The summed E-state index contributed by atoms with van der Waals surface area (Å²) in [5.41, 5.74) is -0.223. The van der Waals surface area contributed by atoms with Gasteiger partial charge in [-0.3, -0.25) is 9.59 Å². The average molecular weight is 323 g/mol. The Hall–Kier alpha value is -1.49. The lowest BCUT2D eigenvalue weighted by Crippen LogP contribution is -2.51. The van der Waals surface area contributed by atoms with E-state index in [4.69, 9.17) is 5.11 Å². The number of carboxylic acids is 1. The molecule has 0 spiro atoms. The van der Waals surface area contributed by atoms with Gasteiger partial charge in [0.05, 0.1) is 12.0 Å². The summed E-state index contributed by atoms with van der Waals surface area (Å²) in [6.07, 6.45) is -0.0995. The van der Waals surface area contributed by atoms with Crippen molar-refractivity contribution in [2.75, 3.05) is 0 Å². The number of hydrogen-bond acceptors (Lipinski definition) is 3. The maximum absolute atomic E-state index is 12.4. The average Bonchev–Trinajstić information content (AvgIpc) is 2.37. The minimum Gasteiger partial charge on any atom is -0.481 e. The minimum absolute atomic E-state index is 0.0170. The summed E-state index contributed by atoms with van der Waals surface area (Å²) in [4.78, 5) is 24.5. The topological polar surface area (TPSA) is 66.4 Å². The molecule has 2 N–H and O–H groups in total. The molecule has 1 aromatic rings. The third-order valence-corrected chi connectivity index (χ3v) is 4.70. The molecule has 0 aliphatic rings. The number of nitrogens with one attached hydrogen (secondary N) is 1. The van der Waals surface area contributed by atoms with Crippen molar-refractivity contribution in [3.05, 3.63) is 29.8 Å². The monoisotopic (exact) mass is 323 g/mol. The van der Waals surface area contributed by atoms with Crippen molar-refractivity contribution in [1.29, 1.82) is 0 Å². The smallest absolute Gasteiger partial charge is 0.305 e. The molecule has 4 nitrogen and oxygen atoms in total. The molecule has 0 saturated carbocycles. The molecule has 1 unspecified atom stereocenters. The highest BCUT2D eigenvalue weighted by Gasteiger charge is 2.33. The highest BCUT2D eigenvalue weighted by Crippen LogP contribution is 2.24. The molecule has 0 aliphatic heterocycles. The molecule has 1 aromatic carbocycles. The molecular weight excluding hydrogens is 298 g/mol. The number of aliphatic carboxylic acids is 1. The summed E-state index contributed by atoms with van der Waals surface area (Å²) in [6, 6.07) is 7.40. The van der Waals surface area contributed by atoms with Crippen LogP contribution in [0.1, 0.15) is 51.4 Å². The molecule has 0 bridgehead atoms. The summed E-state index contributed by atoms with van der Waals surface area (Å²) in [5, 5.41) is 12.4. The predicted molar refractivity (Wildman–Crippen MR) is 90.4 cm³/mol. The van der Waals surface area contributed by atoms with Crippen molar-refractivity contribution in [3.8, 4) is 0 Å². The van der Waals surface area contributed by atoms with E-state index in [1.807, 2.05) is 26.0 Å². The van der Waals surface area contributed by atoms with Gasteiger partial charge in [-0.2, -0.15) is 0 Å². The van der Waals surface area contributed by atoms with Gasteiger partial charge in [-0.25, -0.2) is 0 Å². The van der Waals surface area contributed by atoms with Crippen molar-refractivity contribution >= 4 is 23.6 Å². The van der Waals surface area contributed by atoms with Gasteiger partial charge in [-0.1, -0.05) is 27.7 Å². The Morgan fingerprint density at radius 2 is 1.73 bits per heavy atom. The molecule has 1 amide bonds. The zero-order valence-corrected chi connectivity index (χ0v) is 14.7. The number of benzene rings is 1. The first-order valence-corrected chi connectivity index (χ1v) is 8.33. The highest BCUT2D eigenvalue weighted by molar-refractivity contribution is 7.99. The normalized spacial score (nSPS) is 14.0. The molecule has 5 heteroatoms. The lowest BCUT2D eigenvalue weighted by atomic mass is 9.85. The summed E-state index contributed by atoms with van der Waals surface area (Å²) in [5.74, 6) is -1.14. The fourth-order valence-corrected chi connectivity index (χ4v) is 2.83. The summed E-state index contributed by atoms with van der Waals surface area (Å²) < 4.78 is 0. The molecule has 0 fully saturated rings. The number of rotatable bonds is 7. The van der Waals surface area contributed by atoms with Crippen molar-refractivity contribution in [2.24, 2.45) is 5.92 Å². The second-order valence-electron chi connectivity index (χ2n) is 6.29. The van der Waals surface area contributed by atoms with Gasteiger partial charge in [-0.15, -0.1) is 11.8 Å². The van der Waals surface area contributed by atoms with E-state index in [0.29, 0.717) is 10.8 Å². The number of carbonyl (C=O) groups excluding carboxylic acids is 1. The fraction of sp³-hybridized carbons (Fsp3) is 0.529. The van der Waals surface area contributed by atoms with Gasteiger partial charge in [0, 0.05) is 15.7 Å². The molecule has 0 aliphatic carbocycles. The lowest BCUT2D eigenvalue weighted by molar-refractivity contribution is -0.138.